The fourth-order valence-corrected chi connectivity index (χ4v) is 7.60. The Morgan fingerprint density at radius 2 is 1.83 bits per heavy atom. The van der Waals surface area contributed by atoms with Gasteiger partial charge in [-0.15, -0.1) is 0 Å². The zero-order valence-corrected chi connectivity index (χ0v) is 31.8. The van der Waals surface area contributed by atoms with E-state index in [1.807, 2.05) is 24.3 Å². The minimum absolute atomic E-state index is 0.0343. The number of fused-ring (bicyclic) bond motifs is 3. The van der Waals surface area contributed by atoms with Crippen molar-refractivity contribution in [3.63, 3.8) is 0 Å². The highest BCUT2D eigenvalue weighted by molar-refractivity contribution is 6.30. The van der Waals surface area contributed by atoms with E-state index in [0.717, 1.165) is 24.8 Å². The van der Waals surface area contributed by atoms with Crippen LogP contribution in [0.15, 0.2) is 54.6 Å². The molecule has 3 heterocycles. The Labute approximate surface area is 320 Å². The topological polar surface area (TPSA) is 146 Å². The lowest BCUT2D eigenvalue weighted by molar-refractivity contribution is -0.141. The Hall–Kier alpha value is -4.65. The van der Waals surface area contributed by atoms with Crippen LogP contribution in [0.1, 0.15) is 82.4 Å². The van der Waals surface area contributed by atoms with E-state index in [4.69, 9.17) is 21.1 Å². The first-order valence-corrected chi connectivity index (χ1v) is 19.1. The number of carbonyl (C=O) groups is 5. The van der Waals surface area contributed by atoms with Gasteiger partial charge in [-0.3, -0.25) is 19.3 Å². The number of allylic oxidation sites excluding steroid dienone is 1. The molecule has 14 heteroatoms. The molecule has 5 amide bonds. The molecule has 0 spiro atoms. The SMILES string of the molecule is CC(C)(C)OC(=O)NC1CCCCC/C=C\C2CC2(C(=O)NCCc2ccc(Cl)cc2)NC(=O)[C@@H]2C[C@@H](OC(=O)N3Cc4cccc(F)c4C3)CN2C1=O. The summed E-state index contributed by atoms with van der Waals surface area (Å²) in [6.07, 6.45) is 5.87. The molecule has 54 heavy (non-hydrogen) atoms. The van der Waals surface area contributed by atoms with Gasteiger partial charge in [0.05, 0.1) is 13.1 Å². The van der Waals surface area contributed by atoms with Gasteiger partial charge in [-0.2, -0.15) is 0 Å². The third kappa shape index (κ3) is 9.34. The van der Waals surface area contributed by atoms with Crippen LogP contribution in [-0.2, 0) is 43.4 Å². The maximum atomic E-state index is 14.5. The van der Waals surface area contributed by atoms with Crippen LogP contribution in [-0.4, -0.2) is 82.1 Å². The van der Waals surface area contributed by atoms with Crippen LogP contribution in [0.25, 0.3) is 0 Å². The number of carbonyl (C=O) groups excluding carboxylic acids is 5. The number of halogens is 2. The summed E-state index contributed by atoms with van der Waals surface area (Å²) in [4.78, 5) is 71.6. The molecule has 2 aromatic carbocycles. The molecule has 0 bridgehead atoms. The third-order valence-corrected chi connectivity index (χ3v) is 10.7. The van der Waals surface area contributed by atoms with E-state index in [1.54, 1.807) is 45.0 Å². The predicted molar refractivity (Wildman–Crippen MR) is 199 cm³/mol. The molecule has 12 nitrogen and oxygen atoms in total. The third-order valence-electron chi connectivity index (χ3n) is 10.4. The number of alkyl carbamates (subject to hydrolysis) is 1. The Morgan fingerprint density at radius 3 is 2.57 bits per heavy atom. The van der Waals surface area contributed by atoms with Crippen molar-refractivity contribution < 1.29 is 37.8 Å². The molecule has 4 aliphatic rings. The van der Waals surface area contributed by atoms with Crippen molar-refractivity contribution in [2.45, 2.75) is 115 Å². The first kappa shape index (κ1) is 39.1. The van der Waals surface area contributed by atoms with Gasteiger partial charge < -0.3 is 30.3 Å². The van der Waals surface area contributed by atoms with Gasteiger partial charge >= 0.3 is 12.2 Å². The minimum Gasteiger partial charge on any atom is -0.444 e. The largest absolute Gasteiger partial charge is 0.444 e. The maximum Gasteiger partial charge on any atom is 0.410 e. The molecule has 3 N–H and O–H groups in total. The first-order valence-electron chi connectivity index (χ1n) is 18.8. The van der Waals surface area contributed by atoms with Gasteiger partial charge in [0, 0.05) is 36.0 Å². The Bertz CT molecular complexity index is 1780. The molecule has 0 aromatic heterocycles. The van der Waals surface area contributed by atoms with E-state index >= 15 is 0 Å². The highest BCUT2D eigenvalue weighted by atomic mass is 35.5. The quantitative estimate of drug-likeness (QED) is 0.327. The molecule has 290 valence electrons. The summed E-state index contributed by atoms with van der Waals surface area (Å²) in [6, 6.07) is 9.91. The predicted octanol–water partition coefficient (Wildman–Crippen LogP) is 5.55. The average molecular weight is 766 g/mol. The van der Waals surface area contributed by atoms with E-state index in [0.29, 0.717) is 48.4 Å². The highest BCUT2D eigenvalue weighted by Gasteiger charge is 2.61. The second kappa shape index (κ2) is 16.4. The molecule has 1 saturated heterocycles. The fraction of sp³-hybridized carbons (Fsp3) is 0.525. The van der Waals surface area contributed by atoms with Crippen LogP contribution in [0.3, 0.4) is 0 Å². The zero-order chi connectivity index (χ0) is 38.6. The standard InChI is InChI=1S/C40H49ClFN5O7/c1-39(2,3)54-37(51)44-32-13-8-6-4-5-7-11-27-21-40(27,36(50)43-19-18-25-14-16-28(41)17-15-25)45-34(48)33-20-29(23-47(33)35(32)49)53-38(52)46-22-26-10-9-12-31(42)30(26)24-46/h7,9-12,14-17,27,29,32-33H,4-6,8,13,18-24H2,1-3H3,(H,43,50)(H,44,51)(H,45,48)/b11-7-/t27?,29-,32?,33+,40?/m1/s1. The molecule has 2 aromatic rings. The van der Waals surface area contributed by atoms with Gasteiger partial charge in [-0.1, -0.05) is 60.9 Å². The summed E-state index contributed by atoms with van der Waals surface area (Å²) in [7, 11) is 0. The molecule has 3 aliphatic heterocycles. The number of amides is 5. The van der Waals surface area contributed by atoms with Crippen molar-refractivity contribution in [3.8, 4) is 0 Å². The minimum atomic E-state index is -1.23. The van der Waals surface area contributed by atoms with Crippen LogP contribution >= 0.6 is 11.6 Å². The van der Waals surface area contributed by atoms with Crippen LogP contribution in [0.5, 0.6) is 0 Å². The molecule has 1 saturated carbocycles. The molecule has 2 fully saturated rings. The van der Waals surface area contributed by atoms with Crippen molar-refractivity contribution in [2.75, 3.05) is 13.1 Å². The smallest absolute Gasteiger partial charge is 0.410 e. The molecule has 0 radical (unpaired) electrons. The second-order valence-corrected chi connectivity index (χ2v) is 16.1. The van der Waals surface area contributed by atoms with Gasteiger partial charge in [-0.25, -0.2) is 14.0 Å². The summed E-state index contributed by atoms with van der Waals surface area (Å²) in [6.45, 7) is 5.59. The molecule has 6 rings (SSSR count). The average Bonchev–Trinajstić information content (AvgIpc) is 3.41. The zero-order valence-electron chi connectivity index (χ0n) is 31.0. The van der Waals surface area contributed by atoms with Crippen molar-refractivity contribution >= 4 is 41.5 Å². The van der Waals surface area contributed by atoms with E-state index in [1.165, 1.54) is 15.9 Å². The maximum absolute atomic E-state index is 14.5. The summed E-state index contributed by atoms with van der Waals surface area (Å²) >= 11 is 6.02. The Kier molecular flexibility index (Phi) is 11.8. The second-order valence-electron chi connectivity index (χ2n) is 15.7. The molecular formula is C40H49ClFN5O7. The summed E-state index contributed by atoms with van der Waals surface area (Å²) < 4.78 is 25.8. The number of ether oxygens (including phenoxy) is 2. The van der Waals surface area contributed by atoms with Crippen molar-refractivity contribution in [1.82, 2.24) is 25.8 Å². The number of benzene rings is 2. The van der Waals surface area contributed by atoms with Crippen molar-refractivity contribution in [2.24, 2.45) is 5.92 Å². The van der Waals surface area contributed by atoms with Crippen molar-refractivity contribution in [3.05, 3.63) is 82.1 Å². The number of nitrogens with one attached hydrogen (secondary N) is 3. The van der Waals surface area contributed by atoms with Crippen LogP contribution < -0.4 is 16.0 Å². The van der Waals surface area contributed by atoms with Gasteiger partial charge in [-0.05, 0) is 82.2 Å². The normalized spacial score (nSPS) is 26.2. The van der Waals surface area contributed by atoms with E-state index < -0.39 is 59.1 Å². The van der Waals surface area contributed by atoms with Crippen LogP contribution in [0.4, 0.5) is 14.0 Å². The van der Waals surface area contributed by atoms with Gasteiger partial charge in [0.1, 0.15) is 35.1 Å². The number of nitrogens with zero attached hydrogens (tertiary/aromatic N) is 2. The molecular weight excluding hydrogens is 717 g/mol. The fourth-order valence-electron chi connectivity index (χ4n) is 7.47. The molecule has 3 unspecified atom stereocenters. The molecule has 1 aliphatic carbocycles. The first-order chi connectivity index (χ1) is 25.7. The number of hydrogen-bond donors (Lipinski definition) is 3. The van der Waals surface area contributed by atoms with Gasteiger partial charge in [0.25, 0.3) is 0 Å². The van der Waals surface area contributed by atoms with Crippen LogP contribution in [0.2, 0.25) is 5.02 Å². The highest BCUT2D eigenvalue weighted by Crippen LogP contribution is 2.45. The van der Waals surface area contributed by atoms with Crippen LogP contribution in [0, 0.1) is 11.7 Å². The number of hydrogen-bond acceptors (Lipinski definition) is 7. The number of rotatable bonds is 6. The van der Waals surface area contributed by atoms with E-state index in [-0.39, 0.29) is 37.9 Å². The summed E-state index contributed by atoms with van der Waals surface area (Å²) in [5, 5.41) is 9.33. The van der Waals surface area contributed by atoms with Gasteiger partial charge in [0.15, 0.2) is 0 Å². The Balaban J connectivity index is 1.21. The summed E-state index contributed by atoms with van der Waals surface area (Å²) in [5.74, 6) is -2.06. The summed E-state index contributed by atoms with van der Waals surface area (Å²) in [5.41, 5.74) is 0.0627. The lowest BCUT2D eigenvalue weighted by atomic mass is 10.0. The lowest BCUT2D eigenvalue weighted by Gasteiger charge is -2.30. The lowest BCUT2D eigenvalue weighted by Crippen LogP contribution is -2.58. The van der Waals surface area contributed by atoms with Crippen molar-refractivity contribution in [1.29, 1.82) is 0 Å². The molecule has 5 atom stereocenters. The van der Waals surface area contributed by atoms with E-state index in [9.17, 15) is 28.4 Å². The van der Waals surface area contributed by atoms with Gasteiger partial charge in [0.2, 0.25) is 17.7 Å². The Morgan fingerprint density at radius 1 is 1.06 bits per heavy atom. The van der Waals surface area contributed by atoms with E-state index in [2.05, 4.69) is 16.0 Å². The monoisotopic (exact) mass is 765 g/mol.